The lowest BCUT2D eigenvalue weighted by Gasteiger charge is -2.40. The Kier molecular flexibility index (Phi) is 6.58. The van der Waals surface area contributed by atoms with Gasteiger partial charge >= 0.3 is 23.7 Å². The molecule has 0 aliphatic carbocycles. The van der Waals surface area contributed by atoms with Crippen molar-refractivity contribution in [2.45, 2.75) is 61.3 Å². The Morgan fingerprint density at radius 1 is 0.680 bits per heavy atom. The zero-order chi connectivity index (χ0) is 20.8. The summed E-state index contributed by atoms with van der Waals surface area (Å²) in [5, 5.41) is 0. The van der Waals surface area contributed by atoms with E-state index in [1.807, 2.05) is 0 Å². The average Bonchev–Trinajstić information content (AvgIpc) is 2.42. The van der Waals surface area contributed by atoms with E-state index in [4.69, 9.17) is 4.80 Å². The minimum absolute atomic E-state index is 0.240. The van der Waals surface area contributed by atoms with Gasteiger partial charge in [0.1, 0.15) is 0 Å². The van der Waals surface area contributed by atoms with E-state index in [1.54, 1.807) is 0 Å². The van der Waals surface area contributed by atoms with Crippen LogP contribution in [0.5, 0.6) is 0 Å². The number of hydrogen-bond acceptors (Lipinski definition) is 1. The summed E-state index contributed by atoms with van der Waals surface area (Å²) in [5.41, 5.74) is 0. The molecule has 1 nitrogen and oxygen atoms in total. The highest BCUT2D eigenvalue weighted by Gasteiger charge is 2.85. The molecule has 3 unspecified atom stereocenters. The van der Waals surface area contributed by atoms with Crippen molar-refractivity contribution >= 4 is 8.32 Å². The van der Waals surface area contributed by atoms with Gasteiger partial charge in [-0.25, -0.2) is 22.0 Å². The fraction of sp³-hybridized carbons (Fsp3) is 1.00. The third-order valence-electron chi connectivity index (χ3n) is 3.04. The lowest BCUT2D eigenvalue weighted by atomic mass is 9.94. The van der Waals surface area contributed by atoms with Crippen molar-refractivity contribution in [1.29, 1.82) is 0 Å². The molecule has 0 heterocycles. The summed E-state index contributed by atoms with van der Waals surface area (Å²) in [4.78, 5) is 9.01. The van der Waals surface area contributed by atoms with Gasteiger partial charge in [0.2, 0.25) is 14.5 Å². The molecule has 0 aromatic heterocycles. The molecule has 0 spiro atoms. The molecule has 0 saturated carbocycles. The molecule has 0 saturated heterocycles. The summed E-state index contributed by atoms with van der Waals surface area (Å²) in [5.74, 6) is -33.0. The van der Waals surface area contributed by atoms with Gasteiger partial charge in [0.05, 0.1) is 0 Å². The van der Waals surface area contributed by atoms with Gasteiger partial charge in [0.15, 0.2) is 12.0 Å². The van der Waals surface area contributed by atoms with Gasteiger partial charge in [-0.2, -0.15) is 35.1 Å². The van der Waals surface area contributed by atoms with Crippen LogP contribution < -0.4 is 0 Å². The van der Waals surface area contributed by atoms with Gasteiger partial charge < -0.3 is 4.80 Å². The van der Waals surface area contributed by atoms with Crippen molar-refractivity contribution < 1.29 is 61.9 Å². The van der Waals surface area contributed by atoms with Crippen molar-refractivity contribution in [3.05, 3.63) is 0 Å². The van der Waals surface area contributed by atoms with Crippen molar-refractivity contribution in [1.82, 2.24) is 0 Å². The fourth-order valence-electron chi connectivity index (χ4n) is 1.52. The molecule has 0 aromatic carbocycles. The second-order valence-corrected chi connectivity index (χ2v) is 9.41. The Morgan fingerprint density at radius 2 is 1.00 bits per heavy atom. The van der Waals surface area contributed by atoms with Crippen molar-refractivity contribution in [3.63, 3.8) is 0 Å². The minimum Gasteiger partial charge on any atom is -0.429 e. The van der Waals surface area contributed by atoms with Gasteiger partial charge in [-0.1, -0.05) is 0 Å². The van der Waals surface area contributed by atoms with Crippen LogP contribution >= 0.6 is 0 Å². The third-order valence-corrected chi connectivity index (χ3v) is 4.64. The molecule has 0 bridgehead atoms. The van der Waals surface area contributed by atoms with Gasteiger partial charge in [0.25, 0.3) is 6.43 Å². The lowest BCUT2D eigenvalue weighted by Crippen LogP contribution is -2.70. The molecule has 1 N–H and O–H groups in total. The highest BCUT2D eigenvalue weighted by molar-refractivity contribution is 6.71. The molecule has 15 heteroatoms. The predicted molar refractivity (Wildman–Crippen MR) is 60.2 cm³/mol. The van der Waals surface area contributed by atoms with E-state index >= 15 is 0 Å². The maximum absolute atomic E-state index is 13.3. The largest absolute Gasteiger partial charge is 0.429 e. The number of rotatable bonds is 8. The van der Waals surface area contributed by atoms with Crippen molar-refractivity contribution in [2.75, 3.05) is 0 Å². The van der Waals surface area contributed by atoms with Crippen molar-refractivity contribution in [3.8, 4) is 0 Å². The molecule has 0 aromatic rings. The van der Waals surface area contributed by atoms with Crippen LogP contribution in [0, 0.1) is 0 Å². The molecule has 0 radical (unpaired) electrons. The number of hydrogen-bond donors (Lipinski definition) is 1. The fourth-order valence-corrected chi connectivity index (χ4v) is 2.59. The Balaban J connectivity index is 6.11. The van der Waals surface area contributed by atoms with Crippen LogP contribution in [0.15, 0.2) is 0 Å². The molecule has 0 amide bonds. The molecule has 152 valence electrons. The van der Waals surface area contributed by atoms with E-state index in [0.29, 0.717) is 0 Å². The summed E-state index contributed by atoms with van der Waals surface area (Å²) in [6.07, 6.45) is -14.7. The Labute approximate surface area is 132 Å². The van der Waals surface area contributed by atoms with Crippen LogP contribution in [0.3, 0.4) is 0 Å². The van der Waals surface area contributed by atoms with Crippen LogP contribution in [-0.4, -0.2) is 61.4 Å². The lowest BCUT2D eigenvalue weighted by molar-refractivity contribution is -0.383. The van der Waals surface area contributed by atoms with Crippen LogP contribution in [-0.2, 0) is 0 Å². The number of alkyl halides is 13. The second kappa shape index (κ2) is 6.77. The normalized spacial score (nSPS) is 19.1. The first-order chi connectivity index (χ1) is 10.7. The Hall–Kier alpha value is -0.733. The Morgan fingerprint density at radius 3 is 1.28 bits per heavy atom. The first-order valence-electron chi connectivity index (χ1n) is 6.11. The molecule has 0 aliphatic rings. The van der Waals surface area contributed by atoms with Gasteiger partial charge in [-0.05, 0) is 13.1 Å². The van der Waals surface area contributed by atoms with Gasteiger partial charge in [-0.3, -0.25) is 0 Å². The van der Waals surface area contributed by atoms with E-state index in [1.165, 1.54) is 0 Å². The van der Waals surface area contributed by atoms with Crippen LogP contribution in [0.4, 0.5) is 57.1 Å². The summed E-state index contributed by atoms with van der Waals surface area (Å²) in [6, 6.07) is 0. The minimum atomic E-state index is -7.48. The number of halogens is 13. The van der Waals surface area contributed by atoms with E-state index < -0.39 is 56.6 Å². The summed E-state index contributed by atoms with van der Waals surface area (Å²) in [6.45, 7) is 0.481. The molecule has 0 fully saturated rings. The van der Waals surface area contributed by atoms with Crippen molar-refractivity contribution in [2.24, 2.45) is 0 Å². The third kappa shape index (κ3) is 3.85. The SMILES string of the molecule is C[Si](C)(O)C(F)C(F)(F)C(F)(F)C(F)(F)C(F)(F)C(F)C(F)C(F)F. The van der Waals surface area contributed by atoms with E-state index in [2.05, 4.69) is 0 Å². The smallest absolute Gasteiger partial charge is 0.381 e. The average molecular weight is 422 g/mol. The quantitative estimate of drug-likeness (QED) is 0.450. The first kappa shape index (κ1) is 24.3. The highest BCUT2D eigenvalue weighted by Crippen LogP contribution is 2.56. The van der Waals surface area contributed by atoms with Crippen LogP contribution in [0.25, 0.3) is 0 Å². The molecular formula is C10H11F13OSi. The highest BCUT2D eigenvalue weighted by atomic mass is 28.4. The van der Waals surface area contributed by atoms with Gasteiger partial charge in [-0.15, -0.1) is 0 Å². The molecule has 3 atom stereocenters. The van der Waals surface area contributed by atoms with E-state index in [-0.39, 0.29) is 13.1 Å². The summed E-state index contributed by atoms with van der Waals surface area (Å²) in [7, 11) is -4.97. The summed E-state index contributed by atoms with van der Waals surface area (Å²) >= 11 is 0. The predicted octanol–water partition coefficient (Wildman–Crippen LogP) is 4.54. The molecule has 25 heavy (non-hydrogen) atoms. The Bertz CT molecular complexity index is 460. The monoisotopic (exact) mass is 422 g/mol. The molecule has 0 aliphatic heterocycles. The topological polar surface area (TPSA) is 20.2 Å². The van der Waals surface area contributed by atoms with E-state index in [0.717, 1.165) is 0 Å². The second-order valence-electron chi connectivity index (χ2n) is 5.59. The van der Waals surface area contributed by atoms with Crippen LogP contribution in [0.2, 0.25) is 13.1 Å². The van der Waals surface area contributed by atoms with Gasteiger partial charge in [0, 0.05) is 0 Å². The maximum Gasteiger partial charge on any atom is 0.381 e. The molecular weight excluding hydrogens is 411 g/mol. The first-order valence-corrected chi connectivity index (χ1v) is 9.13. The van der Waals surface area contributed by atoms with E-state index in [9.17, 15) is 57.1 Å². The standard InChI is InChI=1S/C10H11F13OSi/c1-25(2,24)6(15)8(18,19)10(22,23)9(20,21)7(16,17)4(12)3(11)5(13)14/h3-6,24H,1-2H3. The zero-order valence-corrected chi connectivity index (χ0v) is 13.2. The molecule has 0 rings (SSSR count). The summed E-state index contributed by atoms with van der Waals surface area (Å²) < 4.78 is 168. The van der Waals surface area contributed by atoms with Crippen LogP contribution in [0.1, 0.15) is 0 Å². The zero-order valence-electron chi connectivity index (χ0n) is 12.2. The maximum atomic E-state index is 13.3.